The van der Waals surface area contributed by atoms with Crippen LogP contribution in [0.3, 0.4) is 0 Å². The maximum atomic E-state index is 9.18. The van der Waals surface area contributed by atoms with Crippen molar-refractivity contribution in [1.82, 2.24) is 19.9 Å². The molecule has 0 aromatic carbocycles. The van der Waals surface area contributed by atoms with Gasteiger partial charge in [-0.3, -0.25) is 4.98 Å². The molecule has 2 unspecified atom stereocenters. The van der Waals surface area contributed by atoms with E-state index in [0.29, 0.717) is 5.82 Å². The molecule has 0 radical (unpaired) electrons. The summed E-state index contributed by atoms with van der Waals surface area (Å²) in [4.78, 5) is 16.6. The summed E-state index contributed by atoms with van der Waals surface area (Å²) in [5, 5.41) is 15.4. The number of nitrogens with two attached hydrogens (primary N) is 1. The van der Waals surface area contributed by atoms with E-state index in [1.807, 2.05) is 24.4 Å². The van der Waals surface area contributed by atoms with E-state index in [1.54, 1.807) is 18.6 Å². The largest absolute Gasteiger partial charge is 0.383 e. The van der Waals surface area contributed by atoms with Crippen molar-refractivity contribution >= 4 is 33.3 Å². The third-order valence-electron chi connectivity index (χ3n) is 5.55. The molecule has 1 aliphatic carbocycles. The fourth-order valence-electron chi connectivity index (χ4n) is 3.91. The minimum Gasteiger partial charge on any atom is -0.383 e. The van der Waals surface area contributed by atoms with Gasteiger partial charge in [-0.05, 0) is 36.4 Å². The number of fused-ring (bicyclic) bond motifs is 2. The molecule has 0 aliphatic heterocycles. The van der Waals surface area contributed by atoms with Gasteiger partial charge in [-0.1, -0.05) is 13.0 Å². The van der Waals surface area contributed by atoms with Crippen molar-refractivity contribution in [3.63, 3.8) is 0 Å². The molecule has 1 aliphatic rings. The van der Waals surface area contributed by atoms with Crippen LogP contribution in [0.1, 0.15) is 19.8 Å². The van der Waals surface area contributed by atoms with Gasteiger partial charge in [-0.25, -0.2) is 9.97 Å². The molecule has 30 heavy (non-hydrogen) atoms. The maximum Gasteiger partial charge on any atom is 0.133 e. The molecule has 1 fully saturated rings. The van der Waals surface area contributed by atoms with Crippen LogP contribution in [0.15, 0.2) is 54.8 Å². The Labute approximate surface area is 173 Å². The Morgan fingerprint density at radius 3 is 3.03 bits per heavy atom. The van der Waals surface area contributed by atoms with Gasteiger partial charge < -0.3 is 16.0 Å². The van der Waals surface area contributed by atoms with E-state index in [-0.39, 0.29) is 11.8 Å². The summed E-state index contributed by atoms with van der Waals surface area (Å²) in [5.74, 6) is 1.53. The lowest BCUT2D eigenvalue weighted by molar-refractivity contribution is 0.920. The highest BCUT2D eigenvalue weighted by Gasteiger charge is 2.40. The Kier molecular flexibility index (Phi) is 4.32. The average Bonchev–Trinajstić information content (AvgIpc) is 3.39. The minimum atomic E-state index is 0.0940. The predicted octanol–water partition coefficient (Wildman–Crippen LogP) is 4.62. The summed E-state index contributed by atoms with van der Waals surface area (Å²) in [7, 11) is 0. The molecule has 0 saturated heterocycles. The fourth-order valence-corrected chi connectivity index (χ4v) is 3.91. The first-order valence-corrected chi connectivity index (χ1v) is 10.0. The highest BCUT2D eigenvalue weighted by atomic mass is 15.0. The first-order valence-electron chi connectivity index (χ1n) is 10.0. The van der Waals surface area contributed by atoms with E-state index >= 15 is 0 Å². The molecule has 148 valence electrons. The first kappa shape index (κ1) is 18.1. The van der Waals surface area contributed by atoms with Crippen LogP contribution >= 0.6 is 0 Å². The SMILES string of the molecule is CC/C=C(/Nc1cc2cc(-c3cncc4[nH]ccc34)nc(N)c2cn1)C1CC1C#N. The number of aromatic nitrogens is 4. The van der Waals surface area contributed by atoms with Crippen molar-refractivity contribution < 1.29 is 0 Å². The quantitative estimate of drug-likeness (QED) is 0.454. The van der Waals surface area contributed by atoms with Crippen LogP contribution in [0.25, 0.3) is 32.9 Å². The average molecular weight is 395 g/mol. The number of anilines is 2. The van der Waals surface area contributed by atoms with E-state index in [2.05, 4.69) is 44.3 Å². The lowest BCUT2D eigenvalue weighted by Gasteiger charge is -2.12. The second kappa shape index (κ2) is 7.16. The number of hydrogen-bond donors (Lipinski definition) is 3. The highest BCUT2D eigenvalue weighted by molar-refractivity contribution is 5.99. The van der Waals surface area contributed by atoms with E-state index in [9.17, 15) is 5.26 Å². The molecule has 0 amide bonds. The number of allylic oxidation sites excluding steroid dienone is 2. The van der Waals surface area contributed by atoms with Gasteiger partial charge in [-0.2, -0.15) is 5.26 Å². The van der Waals surface area contributed by atoms with E-state index in [1.165, 1.54) is 0 Å². The summed E-state index contributed by atoms with van der Waals surface area (Å²) in [6.07, 6.45) is 11.2. The van der Waals surface area contributed by atoms with Gasteiger partial charge >= 0.3 is 0 Å². The normalized spacial score (nSPS) is 18.5. The second-order valence-corrected chi connectivity index (χ2v) is 7.58. The molecule has 4 N–H and O–H groups in total. The van der Waals surface area contributed by atoms with Crippen molar-refractivity contribution in [2.75, 3.05) is 11.1 Å². The van der Waals surface area contributed by atoms with Gasteiger partial charge in [0.1, 0.15) is 11.6 Å². The third kappa shape index (κ3) is 3.12. The molecular formula is C23H21N7. The van der Waals surface area contributed by atoms with E-state index in [4.69, 9.17) is 5.73 Å². The summed E-state index contributed by atoms with van der Waals surface area (Å²) in [5.41, 5.74) is 9.98. The Morgan fingerprint density at radius 1 is 1.33 bits per heavy atom. The standard InChI is InChI=1S/C23H21N7/c1-2-3-19(16-6-14(16)9-24)29-22-8-13-7-20(30-23(25)17(13)11-28-22)18-10-26-12-21-15(18)4-5-27-21/h3-5,7-8,10-12,14,16,27H,2,6H2,1H3,(H2,25,30)(H,28,29)/b19-3+. The van der Waals surface area contributed by atoms with Gasteiger partial charge in [0.05, 0.1) is 29.4 Å². The lowest BCUT2D eigenvalue weighted by Crippen LogP contribution is -2.05. The number of pyridine rings is 3. The summed E-state index contributed by atoms with van der Waals surface area (Å²) >= 11 is 0. The molecular weight excluding hydrogens is 374 g/mol. The zero-order valence-electron chi connectivity index (χ0n) is 16.6. The van der Waals surface area contributed by atoms with Crippen molar-refractivity contribution in [3.8, 4) is 17.3 Å². The van der Waals surface area contributed by atoms with Crippen LogP contribution < -0.4 is 11.1 Å². The number of nitrogens with one attached hydrogen (secondary N) is 2. The summed E-state index contributed by atoms with van der Waals surface area (Å²) in [6, 6.07) is 8.36. The van der Waals surface area contributed by atoms with Crippen molar-refractivity contribution in [2.45, 2.75) is 19.8 Å². The van der Waals surface area contributed by atoms with Crippen molar-refractivity contribution in [3.05, 3.63) is 54.8 Å². The van der Waals surface area contributed by atoms with E-state index < -0.39 is 0 Å². The number of nitrogens with zero attached hydrogens (tertiary/aromatic N) is 4. The number of nitriles is 1. The van der Waals surface area contributed by atoms with Gasteiger partial charge in [0.15, 0.2) is 0 Å². The molecule has 4 heterocycles. The lowest BCUT2D eigenvalue weighted by atomic mass is 10.1. The molecule has 0 spiro atoms. The molecule has 2 atom stereocenters. The fraction of sp³-hybridized carbons (Fsp3) is 0.217. The van der Waals surface area contributed by atoms with Gasteiger partial charge in [0.25, 0.3) is 0 Å². The van der Waals surface area contributed by atoms with Crippen LogP contribution in [0.5, 0.6) is 0 Å². The summed E-state index contributed by atoms with van der Waals surface area (Å²) < 4.78 is 0. The number of rotatable bonds is 5. The number of H-pyrrole nitrogens is 1. The second-order valence-electron chi connectivity index (χ2n) is 7.58. The molecule has 4 aromatic rings. The topological polar surface area (TPSA) is 116 Å². The number of nitrogen functional groups attached to an aromatic ring is 1. The van der Waals surface area contributed by atoms with E-state index in [0.717, 1.165) is 57.3 Å². The highest BCUT2D eigenvalue weighted by Crippen LogP contribution is 2.44. The third-order valence-corrected chi connectivity index (χ3v) is 5.55. The van der Waals surface area contributed by atoms with Crippen molar-refractivity contribution in [1.29, 1.82) is 5.26 Å². The molecule has 5 rings (SSSR count). The van der Waals surface area contributed by atoms with Gasteiger partial charge in [0.2, 0.25) is 0 Å². The zero-order chi connectivity index (χ0) is 20.7. The molecule has 7 nitrogen and oxygen atoms in total. The molecule has 1 saturated carbocycles. The molecule has 4 aromatic heterocycles. The van der Waals surface area contributed by atoms with Crippen LogP contribution in [0, 0.1) is 23.2 Å². The monoisotopic (exact) mass is 395 g/mol. The maximum absolute atomic E-state index is 9.18. The Morgan fingerprint density at radius 2 is 2.23 bits per heavy atom. The van der Waals surface area contributed by atoms with Gasteiger partial charge in [0, 0.05) is 46.5 Å². The number of aromatic amines is 1. The van der Waals surface area contributed by atoms with Crippen molar-refractivity contribution in [2.24, 2.45) is 11.8 Å². The number of hydrogen-bond acceptors (Lipinski definition) is 6. The molecule has 7 heteroatoms. The zero-order valence-corrected chi connectivity index (χ0v) is 16.6. The predicted molar refractivity (Wildman–Crippen MR) is 118 cm³/mol. The minimum absolute atomic E-state index is 0.0940. The first-order chi connectivity index (χ1) is 14.7. The van der Waals surface area contributed by atoms with Crippen LogP contribution in [0.2, 0.25) is 0 Å². The summed E-state index contributed by atoms with van der Waals surface area (Å²) in [6.45, 7) is 2.09. The smallest absolute Gasteiger partial charge is 0.133 e. The van der Waals surface area contributed by atoms with Crippen LogP contribution in [-0.2, 0) is 0 Å². The van der Waals surface area contributed by atoms with Crippen LogP contribution in [-0.4, -0.2) is 19.9 Å². The van der Waals surface area contributed by atoms with Gasteiger partial charge in [-0.15, -0.1) is 0 Å². The Hall–Kier alpha value is -3.92. The van der Waals surface area contributed by atoms with Crippen LogP contribution in [0.4, 0.5) is 11.6 Å². The Bertz CT molecular complexity index is 1330. The Balaban J connectivity index is 1.55. The molecule has 0 bridgehead atoms.